The molecule has 0 spiro atoms. The summed E-state index contributed by atoms with van der Waals surface area (Å²) in [7, 11) is 0. The fourth-order valence-electron chi connectivity index (χ4n) is 2.88. The van der Waals surface area contributed by atoms with Crippen LogP contribution in [0.15, 0.2) is 11.6 Å². The fourth-order valence-corrected chi connectivity index (χ4v) is 2.88. The van der Waals surface area contributed by atoms with E-state index in [1.165, 1.54) is 32.1 Å². The molecule has 1 N–H and O–H groups in total. The Hall–Kier alpha value is -0.340. The average Bonchev–Trinajstić information content (AvgIpc) is 2.84. The van der Waals surface area contributed by atoms with Crippen molar-refractivity contribution in [3.05, 3.63) is 11.6 Å². The molecule has 1 aliphatic carbocycles. The molecule has 1 fully saturated rings. The van der Waals surface area contributed by atoms with Crippen molar-refractivity contribution in [3.8, 4) is 0 Å². The van der Waals surface area contributed by atoms with Crippen LogP contribution in [0.3, 0.4) is 0 Å². The van der Waals surface area contributed by atoms with Crippen molar-refractivity contribution in [2.75, 3.05) is 19.8 Å². The van der Waals surface area contributed by atoms with Gasteiger partial charge < -0.3 is 10.1 Å². The lowest BCUT2D eigenvalue weighted by molar-refractivity contribution is 0.153. The molecule has 0 aromatic carbocycles. The lowest BCUT2D eigenvalue weighted by atomic mass is 9.99. The van der Waals surface area contributed by atoms with Gasteiger partial charge in [-0.2, -0.15) is 0 Å². The van der Waals surface area contributed by atoms with Crippen LogP contribution >= 0.6 is 0 Å². The molecule has 0 radical (unpaired) electrons. The molecule has 1 aliphatic heterocycles. The van der Waals surface area contributed by atoms with Gasteiger partial charge in [0.15, 0.2) is 0 Å². The predicted molar refractivity (Wildman–Crippen MR) is 67.6 cm³/mol. The average molecular weight is 223 g/mol. The Morgan fingerprint density at radius 2 is 2.25 bits per heavy atom. The summed E-state index contributed by atoms with van der Waals surface area (Å²) in [6.07, 6.45) is 10.4. The fraction of sp³-hybridized carbons (Fsp3) is 0.857. The van der Waals surface area contributed by atoms with Gasteiger partial charge in [0.25, 0.3) is 0 Å². The Bertz CT molecular complexity index is 231. The van der Waals surface area contributed by atoms with Gasteiger partial charge in [0.1, 0.15) is 0 Å². The van der Waals surface area contributed by atoms with Gasteiger partial charge in [0.2, 0.25) is 0 Å². The molecule has 2 heteroatoms. The number of hydrogen-bond acceptors (Lipinski definition) is 2. The van der Waals surface area contributed by atoms with Gasteiger partial charge in [-0.15, -0.1) is 0 Å². The Kier molecular flexibility index (Phi) is 4.86. The van der Waals surface area contributed by atoms with E-state index in [1.54, 1.807) is 5.57 Å². The highest BCUT2D eigenvalue weighted by Crippen LogP contribution is 2.27. The third kappa shape index (κ3) is 3.60. The normalized spacial score (nSPS) is 24.4. The third-order valence-corrected chi connectivity index (χ3v) is 4.08. The zero-order chi connectivity index (χ0) is 11.2. The van der Waals surface area contributed by atoms with Crippen LogP contribution < -0.4 is 5.32 Å². The first-order valence-electron chi connectivity index (χ1n) is 6.85. The van der Waals surface area contributed by atoms with Crippen LogP contribution in [0.1, 0.15) is 45.4 Å². The van der Waals surface area contributed by atoms with Gasteiger partial charge in [-0.1, -0.05) is 24.5 Å². The molecule has 0 amide bonds. The van der Waals surface area contributed by atoms with Crippen molar-refractivity contribution in [2.45, 2.75) is 51.5 Å². The second-order valence-electron chi connectivity index (χ2n) is 5.22. The summed E-state index contributed by atoms with van der Waals surface area (Å²) in [5, 5.41) is 3.69. The zero-order valence-electron chi connectivity index (χ0n) is 10.5. The van der Waals surface area contributed by atoms with Gasteiger partial charge in [0, 0.05) is 6.04 Å². The van der Waals surface area contributed by atoms with Crippen LogP contribution in [0.5, 0.6) is 0 Å². The summed E-state index contributed by atoms with van der Waals surface area (Å²) in [6.45, 7) is 5.25. The quantitative estimate of drug-likeness (QED) is 0.724. The van der Waals surface area contributed by atoms with Crippen LogP contribution in [0.4, 0.5) is 0 Å². The van der Waals surface area contributed by atoms with Gasteiger partial charge in [-0.25, -0.2) is 0 Å². The van der Waals surface area contributed by atoms with Crippen LogP contribution in [-0.4, -0.2) is 25.8 Å². The first kappa shape index (κ1) is 12.1. The Labute approximate surface area is 99.4 Å². The van der Waals surface area contributed by atoms with E-state index in [-0.39, 0.29) is 0 Å². The molecule has 0 saturated heterocycles. The van der Waals surface area contributed by atoms with Crippen molar-refractivity contribution in [1.82, 2.24) is 5.32 Å². The molecule has 2 rings (SSSR count). The van der Waals surface area contributed by atoms with Crippen LogP contribution in [0, 0.1) is 5.92 Å². The second kappa shape index (κ2) is 6.41. The monoisotopic (exact) mass is 223 g/mol. The summed E-state index contributed by atoms with van der Waals surface area (Å²) in [5.74, 6) is 0.934. The van der Waals surface area contributed by atoms with Crippen molar-refractivity contribution < 1.29 is 4.74 Å². The maximum atomic E-state index is 5.31. The molecule has 1 saturated carbocycles. The van der Waals surface area contributed by atoms with E-state index < -0.39 is 0 Å². The molecule has 0 bridgehead atoms. The molecule has 1 atom stereocenters. The molecule has 1 heterocycles. The molecule has 0 aromatic rings. The summed E-state index contributed by atoms with van der Waals surface area (Å²) in [6, 6.07) is 0.711. The van der Waals surface area contributed by atoms with Crippen LogP contribution in [0.2, 0.25) is 0 Å². The first-order valence-corrected chi connectivity index (χ1v) is 6.85. The Morgan fingerprint density at radius 3 is 2.94 bits per heavy atom. The van der Waals surface area contributed by atoms with Crippen molar-refractivity contribution >= 4 is 0 Å². The minimum atomic E-state index is 0.711. The van der Waals surface area contributed by atoms with Gasteiger partial charge in [-0.05, 0) is 45.1 Å². The summed E-state index contributed by atoms with van der Waals surface area (Å²) >= 11 is 0. The summed E-state index contributed by atoms with van der Waals surface area (Å²) < 4.78 is 5.31. The first-order chi connectivity index (χ1) is 7.86. The van der Waals surface area contributed by atoms with E-state index in [1.807, 2.05) is 0 Å². The van der Waals surface area contributed by atoms with Gasteiger partial charge in [0.05, 0.1) is 13.2 Å². The highest BCUT2D eigenvalue weighted by Gasteiger charge is 2.20. The lowest BCUT2D eigenvalue weighted by Gasteiger charge is -2.21. The standard InChI is InChI=1S/C14H25NO/c1-12(14-4-2-3-5-14)15-9-6-13-7-10-16-11-8-13/h7,12,14-15H,2-6,8-11H2,1H3. The third-order valence-electron chi connectivity index (χ3n) is 4.08. The van der Waals surface area contributed by atoms with E-state index in [9.17, 15) is 0 Å². The lowest BCUT2D eigenvalue weighted by Crippen LogP contribution is -2.33. The minimum Gasteiger partial charge on any atom is -0.377 e. The molecular weight excluding hydrogens is 198 g/mol. The van der Waals surface area contributed by atoms with Crippen molar-refractivity contribution in [3.63, 3.8) is 0 Å². The predicted octanol–water partition coefficient (Wildman–Crippen LogP) is 2.89. The number of hydrogen-bond donors (Lipinski definition) is 1. The van der Waals surface area contributed by atoms with E-state index in [0.717, 1.165) is 32.1 Å². The largest absolute Gasteiger partial charge is 0.377 e. The van der Waals surface area contributed by atoms with E-state index in [4.69, 9.17) is 4.74 Å². The van der Waals surface area contributed by atoms with Gasteiger partial charge >= 0.3 is 0 Å². The summed E-state index contributed by atoms with van der Waals surface area (Å²) in [4.78, 5) is 0. The molecule has 92 valence electrons. The number of ether oxygens (including phenoxy) is 1. The summed E-state index contributed by atoms with van der Waals surface area (Å²) in [5.41, 5.74) is 1.58. The smallest absolute Gasteiger partial charge is 0.0650 e. The Balaban J connectivity index is 1.61. The maximum absolute atomic E-state index is 5.31. The maximum Gasteiger partial charge on any atom is 0.0650 e. The van der Waals surface area contributed by atoms with Crippen molar-refractivity contribution in [2.24, 2.45) is 5.92 Å². The zero-order valence-corrected chi connectivity index (χ0v) is 10.5. The van der Waals surface area contributed by atoms with Gasteiger partial charge in [-0.3, -0.25) is 0 Å². The van der Waals surface area contributed by atoms with Crippen LogP contribution in [-0.2, 0) is 4.74 Å². The molecule has 2 nitrogen and oxygen atoms in total. The van der Waals surface area contributed by atoms with E-state index in [0.29, 0.717) is 6.04 Å². The molecular formula is C14H25NO. The molecule has 2 aliphatic rings. The molecule has 0 aromatic heterocycles. The minimum absolute atomic E-state index is 0.711. The highest BCUT2D eigenvalue weighted by molar-refractivity contribution is 5.04. The second-order valence-corrected chi connectivity index (χ2v) is 5.22. The number of nitrogens with one attached hydrogen (secondary N) is 1. The SMILES string of the molecule is CC(NCCC1=CCOCC1)C1CCCC1. The van der Waals surface area contributed by atoms with E-state index in [2.05, 4.69) is 18.3 Å². The van der Waals surface area contributed by atoms with E-state index >= 15 is 0 Å². The highest BCUT2D eigenvalue weighted by atomic mass is 16.5. The Morgan fingerprint density at radius 1 is 1.44 bits per heavy atom. The van der Waals surface area contributed by atoms with Crippen LogP contribution in [0.25, 0.3) is 0 Å². The molecule has 1 unspecified atom stereocenters. The number of rotatable bonds is 5. The topological polar surface area (TPSA) is 21.3 Å². The van der Waals surface area contributed by atoms with Crippen molar-refractivity contribution in [1.29, 1.82) is 0 Å². The molecule has 16 heavy (non-hydrogen) atoms.